The molecule has 0 atom stereocenters. The molecule has 0 saturated carbocycles. The SMILES string of the molecule is CCO/N=C\c1cccnc1. The molecule has 0 spiro atoms. The first-order valence-corrected chi connectivity index (χ1v) is 3.49. The van der Waals surface area contributed by atoms with E-state index in [1.54, 1.807) is 18.6 Å². The molecule has 0 unspecified atom stereocenters. The second-order valence-corrected chi connectivity index (χ2v) is 1.94. The van der Waals surface area contributed by atoms with Crippen molar-refractivity contribution in [1.29, 1.82) is 0 Å². The first kappa shape index (κ1) is 7.72. The van der Waals surface area contributed by atoms with Crippen LogP contribution in [-0.2, 0) is 4.84 Å². The standard InChI is InChI=1S/C8H10N2O/c1-2-11-10-7-8-4-3-5-9-6-8/h3-7H,2H2,1H3/b10-7-. The zero-order chi connectivity index (χ0) is 7.94. The smallest absolute Gasteiger partial charge is 0.114 e. The fraction of sp³-hybridized carbons (Fsp3) is 0.250. The predicted molar refractivity (Wildman–Crippen MR) is 43.5 cm³/mol. The van der Waals surface area contributed by atoms with Crippen LogP contribution in [0.2, 0.25) is 0 Å². The lowest BCUT2D eigenvalue weighted by molar-refractivity contribution is 0.160. The van der Waals surface area contributed by atoms with E-state index in [1.165, 1.54) is 0 Å². The monoisotopic (exact) mass is 150 g/mol. The fourth-order valence-electron chi connectivity index (χ4n) is 0.625. The van der Waals surface area contributed by atoms with Crippen LogP contribution in [0.25, 0.3) is 0 Å². The Morgan fingerprint density at radius 1 is 1.73 bits per heavy atom. The highest BCUT2D eigenvalue weighted by molar-refractivity contribution is 5.78. The molecule has 1 aromatic rings. The van der Waals surface area contributed by atoms with Crippen LogP contribution < -0.4 is 0 Å². The van der Waals surface area contributed by atoms with Gasteiger partial charge in [0, 0.05) is 18.0 Å². The molecule has 3 nitrogen and oxygen atoms in total. The van der Waals surface area contributed by atoms with Crippen LogP contribution in [0.4, 0.5) is 0 Å². The van der Waals surface area contributed by atoms with Crippen molar-refractivity contribution < 1.29 is 4.84 Å². The highest BCUT2D eigenvalue weighted by atomic mass is 16.6. The number of pyridine rings is 1. The summed E-state index contributed by atoms with van der Waals surface area (Å²) >= 11 is 0. The lowest BCUT2D eigenvalue weighted by atomic mass is 10.3. The Kier molecular flexibility index (Phi) is 3.12. The van der Waals surface area contributed by atoms with E-state index >= 15 is 0 Å². The molecule has 0 bridgehead atoms. The summed E-state index contributed by atoms with van der Waals surface area (Å²) in [7, 11) is 0. The second kappa shape index (κ2) is 4.44. The molecule has 0 aliphatic heterocycles. The zero-order valence-electron chi connectivity index (χ0n) is 6.40. The third-order valence-electron chi connectivity index (χ3n) is 1.09. The van der Waals surface area contributed by atoms with Gasteiger partial charge in [0.25, 0.3) is 0 Å². The Bertz CT molecular complexity index is 221. The van der Waals surface area contributed by atoms with Gasteiger partial charge in [-0.2, -0.15) is 0 Å². The van der Waals surface area contributed by atoms with E-state index in [4.69, 9.17) is 4.84 Å². The van der Waals surface area contributed by atoms with Gasteiger partial charge in [0.2, 0.25) is 0 Å². The van der Waals surface area contributed by atoms with Crippen LogP contribution in [0.5, 0.6) is 0 Å². The maximum Gasteiger partial charge on any atom is 0.114 e. The van der Waals surface area contributed by atoms with E-state index in [-0.39, 0.29) is 0 Å². The third-order valence-corrected chi connectivity index (χ3v) is 1.09. The van der Waals surface area contributed by atoms with Gasteiger partial charge in [-0.3, -0.25) is 4.98 Å². The van der Waals surface area contributed by atoms with Crippen LogP contribution in [0.1, 0.15) is 12.5 Å². The molecule has 3 heteroatoms. The molecule has 0 radical (unpaired) electrons. The molecule has 0 saturated heterocycles. The van der Waals surface area contributed by atoms with Crippen molar-refractivity contribution in [2.75, 3.05) is 6.61 Å². The van der Waals surface area contributed by atoms with Gasteiger partial charge >= 0.3 is 0 Å². The number of hydrogen-bond acceptors (Lipinski definition) is 3. The van der Waals surface area contributed by atoms with Gasteiger partial charge in [-0.05, 0) is 13.0 Å². The molecule has 0 aliphatic carbocycles. The molecular formula is C8H10N2O. The minimum atomic E-state index is 0.594. The summed E-state index contributed by atoms with van der Waals surface area (Å²) in [6.45, 7) is 2.48. The quantitative estimate of drug-likeness (QED) is 0.482. The number of nitrogens with zero attached hydrogens (tertiary/aromatic N) is 2. The van der Waals surface area contributed by atoms with Crippen molar-refractivity contribution in [2.24, 2.45) is 5.16 Å². The van der Waals surface area contributed by atoms with Gasteiger partial charge in [-0.25, -0.2) is 0 Å². The summed E-state index contributed by atoms with van der Waals surface area (Å²) in [5.74, 6) is 0. The predicted octanol–water partition coefficient (Wildman–Crippen LogP) is 1.45. The van der Waals surface area contributed by atoms with E-state index in [1.807, 2.05) is 19.1 Å². The van der Waals surface area contributed by atoms with Crippen LogP contribution >= 0.6 is 0 Å². The highest BCUT2D eigenvalue weighted by Crippen LogP contribution is 1.90. The summed E-state index contributed by atoms with van der Waals surface area (Å²) in [5, 5.41) is 3.70. The topological polar surface area (TPSA) is 34.5 Å². The molecule has 1 rings (SSSR count). The number of hydrogen-bond donors (Lipinski definition) is 0. The van der Waals surface area contributed by atoms with Crippen molar-refractivity contribution in [3.63, 3.8) is 0 Å². The lowest BCUT2D eigenvalue weighted by Gasteiger charge is -1.90. The molecule has 0 aliphatic rings. The summed E-state index contributed by atoms with van der Waals surface area (Å²) in [6.07, 6.45) is 5.08. The van der Waals surface area contributed by atoms with Gasteiger partial charge in [0.1, 0.15) is 6.61 Å². The van der Waals surface area contributed by atoms with E-state index in [9.17, 15) is 0 Å². The van der Waals surface area contributed by atoms with Crippen molar-refractivity contribution in [3.05, 3.63) is 30.1 Å². The molecule has 1 aromatic heterocycles. The van der Waals surface area contributed by atoms with Gasteiger partial charge in [-0.1, -0.05) is 11.2 Å². The summed E-state index contributed by atoms with van der Waals surface area (Å²) in [6, 6.07) is 3.77. The van der Waals surface area contributed by atoms with Crippen LogP contribution in [0.3, 0.4) is 0 Å². The van der Waals surface area contributed by atoms with Crippen LogP contribution in [0.15, 0.2) is 29.7 Å². The Hall–Kier alpha value is -1.38. The van der Waals surface area contributed by atoms with Crippen molar-refractivity contribution in [1.82, 2.24) is 4.98 Å². The molecule has 0 fully saturated rings. The fourth-order valence-corrected chi connectivity index (χ4v) is 0.625. The largest absolute Gasteiger partial charge is 0.396 e. The molecule has 58 valence electrons. The maximum atomic E-state index is 4.78. The first-order chi connectivity index (χ1) is 5.43. The Morgan fingerprint density at radius 2 is 2.64 bits per heavy atom. The highest BCUT2D eigenvalue weighted by Gasteiger charge is 1.82. The Labute approximate surface area is 65.7 Å². The lowest BCUT2D eigenvalue weighted by Crippen LogP contribution is -1.84. The second-order valence-electron chi connectivity index (χ2n) is 1.94. The van der Waals surface area contributed by atoms with E-state index < -0.39 is 0 Å². The van der Waals surface area contributed by atoms with Crippen LogP contribution in [0, 0.1) is 0 Å². The minimum absolute atomic E-state index is 0.594. The first-order valence-electron chi connectivity index (χ1n) is 3.49. The van der Waals surface area contributed by atoms with Gasteiger partial charge in [0.15, 0.2) is 0 Å². The molecule has 0 aromatic carbocycles. The molecule has 0 N–H and O–H groups in total. The number of rotatable bonds is 3. The average Bonchev–Trinajstić information content (AvgIpc) is 2.07. The van der Waals surface area contributed by atoms with Gasteiger partial charge in [0.05, 0.1) is 6.21 Å². The normalized spacial score (nSPS) is 10.3. The summed E-state index contributed by atoms with van der Waals surface area (Å²) in [4.78, 5) is 8.70. The van der Waals surface area contributed by atoms with Crippen LogP contribution in [-0.4, -0.2) is 17.8 Å². The van der Waals surface area contributed by atoms with Crippen molar-refractivity contribution in [3.8, 4) is 0 Å². The Morgan fingerprint density at radius 3 is 3.27 bits per heavy atom. The van der Waals surface area contributed by atoms with Crippen molar-refractivity contribution in [2.45, 2.75) is 6.92 Å². The summed E-state index contributed by atoms with van der Waals surface area (Å²) in [5.41, 5.74) is 0.945. The van der Waals surface area contributed by atoms with Gasteiger partial charge < -0.3 is 4.84 Å². The summed E-state index contributed by atoms with van der Waals surface area (Å²) < 4.78 is 0. The molecule has 1 heterocycles. The van der Waals surface area contributed by atoms with E-state index in [2.05, 4.69) is 10.1 Å². The Balaban J connectivity index is 2.50. The van der Waals surface area contributed by atoms with E-state index in [0.717, 1.165) is 5.56 Å². The third kappa shape index (κ3) is 2.80. The molecular weight excluding hydrogens is 140 g/mol. The van der Waals surface area contributed by atoms with E-state index in [0.29, 0.717) is 6.61 Å². The molecule has 0 amide bonds. The minimum Gasteiger partial charge on any atom is -0.396 e. The van der Waals surface area contributed by atoms with Gasteiger partial charge in [-0.15, -0.1) is 0 Å². The average molecular weight is 150 g/mol. The zero-order valence-corrected chi connectivity index (χ0v) is 6.40. The number of oxime groups is 1. The maximum absolute atomic E-state index is 4.78. The van der Waals surface area contributed by atoms with Crippen molar-refractivity contribution >= 4 is 6.21 Å². The number of aromatic nitrogens is 1. The molecule has 11 heavy (non-hydrogen) atoms.